The van der Waals surface area contributed by atoms with Crippen LogP contribution in [0, 0.1) is 5.82 Å². The molecular weight excluding hydrogens is 333 g/mol. The van der Waals surface area contributed by atoms with E-state index in [1.807, 2.05) is 54.3 Å². The molecule has 0 aliphatic carbocycles. The van der Waals surface area contributed by atoms with Crippen LogP contribution in [0.15, 0.2) is 53.3 Å². The minimum atomic E-state index is -0.240. The van der Waals surface area contributed by atoms with Gasteiger partial charge >= 0.3 is 0 Å². The Morgan fingerprint density at radius 2 is 2.19 bits per heavy atom. The van der Waals surface area contributed by atoms with Gasteiger partial charge in [-0.05, 0) is 59.2 Å². The van der Waals surface area contributed by atoms with Crippen LogP contribution in [0.2, 0.25) is 0 Å². The number of benzene rings is 1. The van der Waals surface area contributed by atoms with Crippen molar-refractivity contribution in [3.63, 3.8) is 0 Å². The summed E-state index contributed by atoms with van der Waals surface area (Å²) in [6.07, 6.45) is 4.58. The molecule has 2 heterocycles. The Morgan fingerprint density at radius 3 is 2.95 bits per heavy atom. The number of hydrogen-bond acceptors (Lipinski definition) is 2. The second kappa shape index (κ2) is 5.95. The Hall–Kier alpha value is -1.72. The fraction of sp³-hybridized carbons (Fsp3) is 0.188. The van der Waals surface area contributed by atoms with Crippen LogP contribution in [0.25, 0.3) is 5.52 Å². The van der Waals surface area contributed by atoms with E-state index in [0.717, 1.165) is 23.1 Å². The molecule has 0 amide bonds. The molecule has 0 saturated carbocycles. The molecule has 3 nitrogen and oxygen atoms in total. The molecule has 0 fully saturated rings. The van der Waals surface area contributed by atoms with Gasteiger partial charge in [-0.2, -0.15) is 5.10 Å². The van der Waals surface area contributed by atoms with E-state index in [4.69, 9.17) is 0 Å². The highest BCUT2D eigenvalue weighted by molar-refractivity contribution is 9.10. The van der Waals surface area contributed by atoms with Gasteiger partial charge in [0.05, 0.1) is 16.2 Å². The highest BCUT2D eigenvalue weighted by atomic mass is 79.9. The van der Waals surface area contributed by atoms with Crippen molar-refractivity contribution < 1.29 is 4.39 Å². The number of fused-ring (bicyclic) bond motifs is 1. The summed E-state index contributed by atoms with van der Waals surface area (Å²) in [6, 6.07) is 11.3. The first-order valence-electron chi connectivity index (χ1n) is 6.72. The first-order chi connectivity index (χ1) is 10.2. The van der Waals surface area contributed by atoms with Crippen molar-refractivity contribution in [2.24, 2.45) is 0 Å². The van der Waals surface area contributed by atoms with Gasteiger partial charge in [-0.15, -0.1) is 0 Å². The van der Waals surface area contributed by atoms with Crippen molar-refractivity contribution in [1.29, 1.82) is 0 Å². The number of aromatic nitrogens is 2. The quantitative estimate of drug-likeness (QED) is 0.778. The number of pyridine rings is 1. The Balaban J connectivity index is 1.93. The SMILES string of the molecule is CNC(Cc1ccc(F)c(Br)c1)c1cnn2ccccc12. The van der Waals surface area contributed by atoms with Crippen molar-refractivity contribution in [3.05, 3.63) is 70.2 Å². The number of nitrogens with zero attached hydrogens (tertiary/aromatic N) is 2. The first-order valence-corrected chi connectivity index (χ1v) is 7.52. The molecule has 0 aliphatic heterocycles. The molecule has 0 radical (unpaired) electrons. The molecule has 1 N–H and O–H groups in total. The van der Waals surface area contributed by atoms with Crippen LogP contribution in [0.3, 0.4) is 0 Å². The number of rotatable bonds is 4. The summed E-state index contributed by atoms with van der Waals surface area (Å²) in [5.41, 5.74) is 3.29. The number of nitrogens with one attached hydrogen (secondary N) is 1. The summed E-state index contributed by atoms with van der Waals surface area (Å²) in [5.74, 6) is -0.240. The molecule has 3 rings (SSSR count). The van der Waals surface area contributed by atoms with E-state index in [2.05, 4.69) is 26.3 Å². The molecule has 3 aromatic rings. The third kappa shape index (κ3) is 2.84. The van der Waals surface area contributed by atoms with Crippen LogP contribution >= 0.6 is 15.9 Å². The summed E-state index contributed by atoms with van der Waals surface area (Å²) in [7, 11) is 1.93. The molecule has 0 aliphatic rings. The zero-order valence-corrected chi connectivity index (χ0v) is 13.1. The third-order valence-electron chi connectivity index (χ3n) is 3.60. The van der Waals surface area contributed by atoms with E-state index >= 15 is 0 Å². The number of likely N-dealkylation sites (N-methyl/N-ethyl adjacent to an activating group) is 1. The van der Waals surface area contributed by atoms with E-state index in [1.165, 1.54) is 6.07 Å². The van der Waals surface area contributed by atoms with Crippen LogP contribution in [-0.4, -0.2) is 16.7 Å². The average molecular weight is 348 g/mol. The van der Waals surface area contributed by atoms with E-state index < -0.39 is 0 Å². The topological polar surface area (TPSA) is 29.3 Å². The van der Waals surface area contributed by atoms with E-state index in [0.29, 0.717) is 4.47 Å². The normalized spacial score (nSPS) is 12.7. The monoisotopic (exact) mass is 347 g/mol. The lowest BCUT2D eigenvalue weighted by Crippen LogP contribution is -2.18. The Morgan fingerprint density at radius 1 is 1.33 bits per heavy atom. The largest absolute Gasteiger partial charge is 0.313 e. The smallest absolute Gasteiger partial charge is 0.137 e. The molecule has 1 atom stereocenters. The van der Waals surface area contributed by atoms with Gasteiger partial charge in [0.1, 0.15) is 5.82 Å². The maximum atomic E-state index is 13.3. The fourth-order valence-corrected chi connectivity index (χ4v) is 2.92. The van der Waals surface area contributed by atoms with Crippen molar-refractivity contribution in [2.45, 2.75) is 12.5 Å². The van der Waals surface area contributed by atoms with Gasteiger partial charge in [0.25, 0.3) is 0 Å². The minimum absolute atomic E-state index is 0.127. The van der Waals surface area contributed by atoms with Crippen molar-refractivity contribution in [1.82, 2.24) is 14.9 Å². The van der Waals surface area contributed by atoms with E-state index in [9.17, 15) is 4.39 Å². The van der Waals surface area contributed by atoms with Crippen molar-refractivity contribution in [2.75, 3.05) is 7.05 Å². The van der Waals surface area contributed by atoms with Crippen molar-refractivity contribution in [3.8, 4) is 0 Å². The molecule has 108 valence electrons. The second-order valence-electron chi connectivity index (χ2n) is 4.92. The molecule has 1 unspecified atom stereocenters. The van der Waals surface area contributed by atoms with E-state index in [1.54, 1.807) is 0 Å². The predicted molar refractivity (Wildman–Crippen MR) is 84.8 cm³/mol. The molecule has 0 spiro atoms. The Bertz CT molecular complexity index is 769. The highest BCUT2D eigenvalue weighted by Crippen LogP contribution is 2.24. The Labute approximate surface area is 130 Å². The maximum Gasteiger partial charge on any atom is 0.137 e. The second-order valence-corrected chi connectivity index (χ2v) is 5.78. The van der Waals surface area contributed by atoms with Crippen LogP contribution in [0.4, 0.5) is 4.39 Å². The van der Waals surface area contributed by atoms with Gasteiger partial charge in [-0.3, -0.25) is 0 Å². The van der Waals surface area contributed by atoms with Gasteiger partial charge in [-0.1, -0.05) is 12.1 Å². The van der Waals surface area contributed by atoms with Gasteiger partial charge in [-0.25, -0.2) is 8.91 Å². The lowest BCUT2D eigenvalue weighted by Gasteiger charge is -2.15. The molecule has 2 aromatic heterocycles. The van der Waals surface area contributed by atoms with Crippen LogP contribution in [0.5, 0.6) is 0 Å². The lowest BCUT2D eigenvalue weighted by atomic mass is 10.00. The molecule has 21 heavy (non-hydrogen) atoms. The van der Waals surface area contributed by atoms with Crippen LogP contribution in [0.1, 0.15) is 17.2 Å². The summed E-state index contributed by atoms with van der Waals surface area (Å²) < 4.78 is 15.7. The van der Waals surface area contributed by atoms with Crippen LogP contribution in [-0.2, 0) is 6.42 Å². The lowest BCUT2D eigenvalue weighted by molar-refractivity contribution is 0.591. The minimum Gasteiger partial charge on any atom is -0.313 e. The zero-order valence-electron chi connectivity index (χ0n) is 11.6. The summed E-state index contributed by atoms with van der Waals surface area (Å²) >= 11 is 3.23. The van der Waals surface area contributed by atoms with Gasteiger partial charge in [0.15, 0.2) is 0 Å². The summed E-state index contributed by atoms with van der Waals surface area (Å²) in [5, 5.41) is 7.68. The first kappa shape index (κ1) is 14.2. The van der Waals surface area contributed by atoms with Gasteiger partial charge < -0.3 is 5.32 Å². The fourth-order valence-electron chi connectivity index (χ4n) is 2.49. The third-order valence-corrected chi connectivity index (χ3v) is 4.21. The number of halogens is 2. The zero-order chi connectivity index (χ0) is 14.8. The predicted octanol–water partition coefficient (Wildman–Crippen LogP) is 3.74. The molecular formula is C16H15BrFN3. The molecule has 5 heteroatoms. The molecule has 0 bridgehead atoms. The molecule has 0 saturated heterocycles. The summed E-state index contributed by atoms with van der Waals surface area (Å²) in [6.45, 7) is 0. The van der Waals surface area contributed by atoms with Gasteiger partial charge in [0.2, 0.25) is 0 Å². The van der Waals surface area contributed by atoms with Crippen molar-refractivity contribution >= 4 is 21.4 Å². The Kier molecular flexibility index (Phi) is 4.03. The van der Waals surface area contributed by atoms with E-state index in [-0.39, 0.29) is 11.9 Å². The highest BCUT2D eigenvalue weighted by Gasteiger charge is 2.15. The number of hydrogen-bond donors (Lipinski definition) is 1. The average Bonchev–Trinajstić information content (AvgIpc) is 2.92. The molecule has 1 aromatic carbocycles. The van der Waals surface area contributed by atoms with Crippen LogP contribution < -0.4 is 5.32 Å². The summed E-state index contributed by atoms with van der Waals surface area (Å²) in [4.78, 5) is 0. The van der Waals surface area contributed by atoms with Gasteiger partial charge in [0, 0.05) is 17.8 Å². The standard InChI is InChI=1S/C16H15BrFN3/c1-19-15(9-11-5-6-14(18)13(17)8-11)12-10-20-21-7-3-2-4-16(12)21/h2-8,10,15,19H,9H2,1H3. The maximum absolute atomic E-state index is 13.3.